The van der Waals surface area contributed by atoms with Gasteiger partial charge in [0.05, 0.1) is 11.6 Å². The molecule has 0 aliphatic carbocycles. The number of aromatic nitrogens is 2. The molecule has 1 atom stereocenters. The Balaban J connectivity index is 2.18. The molecule has 0 aliphatic rings. The van der Waals surface area contributed by atoms with Crippen LogP contribution in [0.5, 0.6) is 0 Å². The average molecular weight is 325 g/mol. The Hall–Kier alpha value is -2.64. The lowest BCUT2D eigenvalue weighted by molar-refractivity contribution is 0.0934. The van der Waals surface area contributed by atoms with E-state index in [4.69, 9.17) is 0 Å². The quantitative estimate of drug-likeness (QED) is 0.907. The highest BCUT2D eigenvalue weighted by Crippen LogP contribution is 2.24. The van der Waals surface area contributed by atoms with Crippen molar-refractivity contribution in [2.75, 3.05) is 0 Å². The van der Waals surface area contributed by atoms with Gasteiger partial charge in [-0.1, -0.05) is 12.1 Å². The molecular weight excluding hydrogens is 311 g/mol. The van der Waals surface area contributed by atoms with Gasteiger partial charge in [-0.2, -0.15) is 0 Å². The van der Waals surface area contributed by atoms with Crippen LogP contribution < -0.4 is 10.9 Å². The van der Waals surface area contributed by atoms with E-state index in [0.29, 0.717) is 5.56 Å². The molecule has 0 spiro atoms. The number of hydrogen-bond donors (Lipinski definition) is 2. The zero-order chi connectivity index (χ0) is 17.1. The third kappa shape index (κ3) is 3.97. The molecule has 2 N–H and O–H groups in total. The molecule has 23 heavy (non-hydrogen) atoms. The van der Waals surface area contributed by atoms with Gasteiger partial charge in [0.25, 0.3) is 17.9 Å². The summed E-state index contributed by atoms with van der Waals surface area (Å²) in [7, 11) is 0. The molecule has 5 nitrogen and oxygen atoms in total. The van der Waals surface area contributed by atoms with Gasteiger partial charge in [0.15, 0.2) is 0 Å². The van der Waals surface area contributed by atoms with E-state index in [1.165, 1.54) is 13.0 Å². The van der Waals surface area contributed by atoms with E-state index < -0.39 is 35.3 Å². The molecular formula is C15H14F3N3O2. The predicted octanol–water partition coefficient (Wildman–Crippen LogP) is 2.65. The number of amides is 1. The minimum Gasteiger partial charge on any atom is -0.344 e. The molecule has 2 aromatic rings. The Bertz CT molecular complexity index is 790. The molecule has 1 heterocycles. The first kappa shape index (κ1) is 16.7. The summed E-state index contributed by atoms with van der Waals surface area (Å²) in [6.45, 7) is 3.09. The van der Waals surface area contributed by atoms with E-state index in [9.17, 15) is 22.8 Å². The fourth-order valence-electron chi connectivity index (χ4n) is 2.04. The van der Waals surface area contributed by atoms with Gasteiger partial charge in [0.2, 0.25) is 0 Å². The number of rotatable bonds is 4. The van der Waals surface area contributed by atoms with Crippen LogP contribution in [0.15, 0.2) is 29.1 Å². The molecule has 0 saturated heterocycles. The van der Waals surface area contributed by atoms with Crippen molar-refractivity contribution in [1.82, 2.24) is 15.3 Å². The van der Waals surface area contributed by atoms with Crippen LogP contribution in [0.25, 0.3) is 0 Å². The SMILES string of the molecule is Cc1nc(C(=O)NC(C)c2ccc(C(F)F)c(F)c2)cc(=O)[nH]1. The maximum atomic E-state index is 13.6. The van der Waals surface area contributed by atoms with Gasteiger partial charge in [-0.25, -0.2) is 18.2 Å². The topological polar surface area (TPSA) is 74.8 Å². The fraction of sp³-hybridized carbons (Fsp3) is 0.267. The van der Waals surface area contributed by atoms with Crippen molar-refractivity contribution in [3.63, 3.8) is 0 Å². The van der Waals surface area contributed by atoms with Crippen LogP contribution >= 0.6 is 0 Å². The molecule has 0 aliphatic heterocycles. The number of nitrogens with one attached hydrogen (secondary N) is 2. The summed E-state index contributed by atoms with van der Waals surface area (Å²) in [4.78, 5) is 29.7. The molecule has 1 unspecified atom stereocenters. The second kappa shape index (κ2) is 6.64. The summed E-state index contributed by atoms with van der Waals surface area (Å²) in [5, 5.41) is 2.53. The highest BCUT2D eigenvalue weighted by atomic mass is 19.3. The summed E-state index contributed by atoms with van der Waals surface area (Å²) in [6.07, 6.45) is -2.91. The van der Waals surface area contributed by atoms with E-state index in [1.807, 2.05) is 0 Å². The molecule has 0 saturated carbocycles. The highest BCUT2D eigenvalue weighted by molar-refractivity contribution is 5.92. The van der Waals surface area contributed by atoms with Gasteiger partial charge in [0, 0.05) is 6.07 Å². The maximum absolute atomic E-state index is 13.6. The van der Waals surface area contributed by atoms with Crippen LogP contribution in [0.1, 0.15) is 46.8 Å². The normalized spacial score (nSPS) is 12.3. The lowest BCUT2D eigenvalue weighted by atomic mass is 10.1. The molecule has 0 radical (unpaired) electrons. The monoisotopic (exact) mass is 325 g/mol. The summed E-state index contributed by atoms with van der Waals surface area (Å²) >= 11 is 0. The lowest BCUT2D eigenvalue weighted by Gasteiger charge is -2.15. The Morgan fingerprint density at radius 1 is 1.30 bits per heavy atom. The molecule has 2 rings (SSSR count). The number of carbonyl (C=O) groups is 1. The largest absolute Gasteiger partial charge is 0.344 e. The Kier molecular flexibility index (Phi) is 4.83. The maximum Gasteiger partial charge on any atom is 0.270 e. The number of carbonyl (C=O) groups excluding carboxylic acids is 1. The Labute approximate surface area is 129 Å². The van der Waals surface area contributed by atoms with Gasteiger partial charge < -0.3 is 10.3 Å². The number of aryl methyl sites for hydroxylation is 1. The van der Waals surface area contributed by atoms with E-state index >= 15 is 0 Å². The molecule has 1 amide bonds. The number of nitrogens with zero attached hydrogens (tertiary/aromatic N) is 1. The van der Waals surface area contributed by atoms with Crippen LogP contribution in [0, 0.1) is 12.7 Å². The van der Waals surface area contributed by atoms with Gasteiger partial charge >= 0.3 is 0 Å². The second-order valence-electron chi connectivity index (χ2n) is 4.99. The lowest BCUT2D eigenvalue weighted by Crippen LogP contribution is -2.29. The van der Waals surface area contributed by atoms with Crippen molar-refractivity contribution in [3.8, 4) is 0 Å². The van der Waals surface area contributed by atoms with Gasteiger partial charge in [-0.05, 0) is 25.5 Å². The zero-order valence-corrected chi connectivity index (χ0v) is 12.4. The number of alkyl halides is 2. The smallest absolute Gasteiger partial charge is 0.270 e. The third-order valence-corrected chi connectivity index (χ3v) is 3.20. The van der Waals surface area contributed by atoms with Crippen molar-refractivity contribution >= 4 is 5.91 Å². The van der Waals surface area contributed by atoms with E-state index in [1.54, 1.807) is 6.92 Å². The summed E-state index contributed by atoms with van der Waals surface area (Å²) in [6, 6.07) is 3.63. The molecule has 1 aromatic heterocycles. The highest BCUT2D eigenvalue weighted by Gasteiger charge is 2.17. The van der Waals surface area contributed by atoms with Gasteiger partial charge in [-0.3, -0.25) is 9.59 Å². The fourth-order valence-corrected chi connectivity index (χ4v) is 2.04. The minimum absolute atomic E-state index is 0.0808. The molecule has 1 aromatic carbocycles. The number of halogens is 3. The molecule has 0 fully saturated rings. The van der Waals surface area contributed by atoms with Crippen molar-refractivity contribution in [2.45, 2.75) is 26.3 Å². The first-order chi connectivity index (χ1) is 10.8. The van der Waals surface area contributed by atoms with Crippen molar-refractivity contribution in [3.05, 3.63) is 63.1 Å². The van der Waals surface area contributed by atoms with E-state index in [-0.39, 0.29) is 11.5 Å². The summed E-state index contributed by atoms with van der Waals surface area (Å²) in [5.74, 6) is -1.38. The third-order valence-electron chi connectivity index (χ3n) is 3.20. The van der Waals surface area contributed by atoms with Crippen LogP contribution in [-0.4, -0.2) is 15.9 Å². The van der Waals surface area contributed by atoms with E-state index in [0.717, 1.165) is 18.2 Å². The Morgan fingerprint density at radius 2 is 2.00 bits per heavy atom. The van der Waals surface area contributed by atoms with Crippen molar-refractivity contribution in [2.24, 2.45) is 0 Å². The predicted molar refractivity (Wildman–Crippen MR) is 76.8 cm³/mol. The van der Waals surface area contributed by atoms with Crippen molar-refractivity contribution in [1.29, 1.82) is 0 Å². The minimum atomic E-state index is -2.91. The summed E-state index contributed by atoms with van der Waals surface area (Å²) in [5.41, 5.74) is -0.925. The van der Waals surface area contributed by atoms with Crippen molar-refractivity contribution < 1.29 is 18.0 Å². The van der Waals surface area contributed by atoms with Crippen LogP contribution in [0.4, 0.5) is 13.2 Å². The Morgan fingerprint density at radius 3 is 2.57 bits per heavy atom. The summed E-state index contributed by atoms with van der Waals surface area (Å²) < 4.78 is 38.6. The standard InChI is InChI=1S/C15H14F3N3O2/c1-7(9-3-4-10(14(17)18)11(16)5-9)19-15(23)12-6-13(22)21-8(2)20-12/h3-7,14H,1-2H3,(H,19,23)(H,20,21,22). The van der Waals surface area contributed by atoms with Gasteiger partial charge in [-0.15, -0.1) is 0 Å². The zero-order valence-electron chi connectivity index (χ0n) is 12.4. The van der Waals surface area contributed by atoms with Crippen LogP contribution in [-0.2, 0) is 0 Å². The number of aromatic amines is 1. The number of hydrogen-bond acceptors (Lipinski definition) is 3. The average Bonchev–Trinajstić information content (AvgIpc) is 2.45. The van der Waals surface area contributed by atoms with E-state index in [2.05, 4.69) is 15.3 Å². The molecule has 122 valence electrons. The molecule has 8 heteroatoms. The van der Waals surface area contributed by atoms with Crippen LogP contribution in [0.3, 0.4) is 0 Å². The first-order valence-electron chi connectivity index (χ1n) is 6.74. The molecule has 0 bridgehead atoms. The number of H-pyrrole nitrogens is 1. The van der Waals surface area contributed by atoms with Gasteiger partial charge in [0.1, 0.15) is 17.3 Å². The van der Waals surface area contributed by atoms with Crippen LogP contribution in [0.2, 0.25) is 0 Å². The first-order valence-corrected chi connectivity index (χ1v) is 6.74. The number of benzene rings is 1. The second-order valence-corrected chi connectivity index (χ2v) is 4.99.